The van der Waals surface area contributed by atoms with Crippen LogP contribution in [0.2, 0.25) is 0 Å². The second-order valence-corrected chi connectivity index (χ2v) is 3.39. The molecule has 0 aromatic heterocycles. The normalized spacial score (nSPS) is 9.53. The Hall–Kier alpha value is -0.200. The van der Waals surface area contributed by atoms with Crippen LogP contribution in [0.25, 0.3) is 0 Å². The second kappa shape index (κ2) is 21.1. The van der Waals surface area contributed by atoms with E-state index in [1.54, 1.807) is 13.8 Å². The van der Waals surface area contributed by atoms with Gasteiger partial charge in [-0.05, 0) is 25.7 Å². The summed E-state index contributed by atoms with van der Waals surface area (Å²) in [6.07, 6.45) is 0.880. The summed E-state index contributed by atoms with van der Waals surface area (Å²) in [6.45, 7) is 9.49. The van der Waals surface area contributed by atoms with Crippen LogP contribution >= 0.6 is 0 Å². The minimum Gasteiger partial charge on any atom is -0.381 e. The van der Waals surface area contributed by atoms with E-state index in [1.807, 2.05) is 0 Å². The predicted octanol–water partition coefficient (Wildman–Crippen LogP) is 1.24. The molecule has 0 aliphatic heterocycles. The van der Waals surface area contributed by atoms with Gasteiger partial charge in [0.25, 0.3) is 0 Å². The van der Waals surface area contributed by atoms with E-state index < -0.39 is 12.6 Å². The Balaban J connectivity index is -0.000000177. The number of hydrogen-bond donors (Lipinski definition) is 4. The van der Waals surface area contributed by atoms with Crippen LogP contribution in [0.4, 0.5) is 0 Å². The molecule has 17 heavy (non-hydrogen) atoms. The zero-order valence-electron chi connectivity index (χ0n) is 11.6. The first kappa shape index (κ1) is 22.0. The third-order valence-corrected chi connectivity index (χ3v) is 1.43. The van der Waals surface area contributed by atoms with Gasteiger partial charge in [-0.3, -0.25) is 0 Å². The van der Waals surface area contributed by atoms with E-state index in [2.05, 4.69) is 13.8 Å². The molecule has 4 N–H and O–H groups in total. The summed E-state index contributed by atoms with van der Waals surface area (Å²) < 4.78 is 5.13. The van der Waals surface area contributed by atoms with E-state index in [1.165, 1.54) is 0 Å². The van der Waals surface area contributed by atoms with Gasteiger partial charge in [0.1, 0.15) is 0 Å². The quantitative estimate of drug-likeness (QED) is 0.423. The van der Waals surface area contributed by atoms with Crippen molar-refractivity contribution in [1.29, 1.82) is 0 Å². The molecule has 0 aromatic rings. The van der Waals surface area contributed by atoms with Gasteiger partial charge in [0.15, 0.2) is 12.6 Å². The summed E-state index contributed by atoms with van der Waals surface area (Å²) >= 11 is 0. The zero-order valence-corrected chi connectivity index (χ0v) is 11.6. The van der Waals surface area contributed by atoms with Crippen molar-refractivity contribution in [3.8, 4) is 0 Å². The van der Waals surface area contributed by atoms with E-state index in [4.69, 9.17) is 25.2 Å². The van der Waals surface area contributed by atoms with Gasteiger partial charge in [0, 0.05) is 13.2 Å². The van der Waals surface area contributed by atoms with Crippen molar-refractivity contribution < 1.29 is 25.2 Å². The van der Waals surface area contributed by atoms with Gasteiger partial charge in [-0.2, -0.15) is 0 Å². The third-order valence-electron chi connectivity index (χ3n) is 1.43. The number of ether oxygens (including phenoxy) is 1. The lowest BCUT2D eigenvalue weighted by Crippen LogP contribution is -1.99. The Bertz CT molecular complexity index is 95.1. The van der Waals surface area contributed by atoms with Crippen molar-refractivity contribution in [1.82, 2.24) is 0 Å². The molecule has 0 fully saturated rings. The smallest absolute Gasteiger partial charge is 0.151 e. The average Bonchev–Trinajstić information content (AvgIpc) is 2.31. The van der Waals surface area contributed by atoms with Crippen molar-refractivity contribution in [2.75, 3.05) is 13.2 Å². The van der Waals surface area contributed by atoms with Crippen molar-refractivity contribution in [2.24, 2.45) is 0 Å². The van der Waals surface area contributed by atoms with Crippen LogP contribution in [-0.2, 0) is 4.74 Å². The molecule has 0 unspecified atom stereocenters. The van der Waals surface area contributed by atoms with Gasteiger partial charge >= 0.3 is 0 Å². The SMILES string of the molecule is CCC(O)O.CCC(O)O.CCCOCCC. The lowest BCUT2D eigenvalue weighted by atomic mass is 10.5. The molecule has 108 valence electrons. The highest BCUT2D eigenvalue weighted by Gasteiger charge is 1.84. The molecule has 0 aliphatic rings. The Kier molecular flexibility index (Phi) is 27.4. The van der Waals surface area contributed by atoms with E-state index in [9.17, 15) is 0 Å². The first-order chi connectivity index (χ1) is 7.95. The Morgan fingerprint density at radius 1 is 0.706 bits per heavy atom. The fourth-order valence-electron chi connectivity index (χ4n) is 0.391. The molecule has 0 radical (unpaired) electrons. The van der Waals surface area contributed by atoms with Crippen LogP contribution in [0.3, 0.4) is 0 Å². The van der Waals surface area contributed by atoms with E-state index in [-0.39, 0.29) is 0 Å². The molecule has 0 rings (SSSR count). The van der Waals surface area contributed by atoms with Crippen LogP contribution in [0.5, 0.6) is 0 Å². The Labute approximate surface area is 105 Å². The summed E-state index contributed by atoms with van der Waals surface area (Å²) in [5.74, 6) is 0. The monoisotopic (exact) mass is 254 g/mol. The maximum Gasteiger partial charge on any atom is 0.151 e. The number of aliphatic hydroxyl groups is 4. The molecule has 5 nitrogen and oxygen atoms in total. The minimum absolute atomic E-state index is 0.417. The maximum absolute atomic E-state index is 7.92. The molecule has 0 aliphatic carbocycles. The molecular weight excluding hydrogens is 224 g/mol. The van der Waals surface area contributed by atoms with Gasteiger partial charge in [-0.15, -0.1) is 0 Å². The molecule has 0 amide bonds. The van der Waals surface area contributed by atoms with Crippen molar-refractivity contribution in [3.05, 3.63) is 0 Å². The second-order valence-electron chi connectivity index (χ2n) is 3.39. The van der Waals surface area contributed by atoms with Crippen molar-refractivity contribution in [2.45, 2.75) is 66.0 Å². The highest BCUT2D eigenvalue weighted by Crippen LogP contribution is 1.81. The van der Waals surface area contributed by atoms with Crippen LogP contribution in [-0.4, -0.2) is 46.2 Å². The predicted molar refractivity (Wildman–Crippen MR) is 68.4 cm³/mol. The van der Waals surface area contributed by atoms with Gasteiger partial charge in [0.2, 0.25) is 0 Å². The van der Waals surface area contributed by atoms with Gasteiger partial charge in [-0.1, -0.05) is 27.7 Å². The fraction of sp³-hybridized carbons (Fsp3) is 1.00. The first-order valence-electron chi connectivity index (χ1n) is 6.26. The number of aliphatic hydroxyl groups excluding tert-OH is 2. The molecule has 0 saturated heterocycles. The molecule has 0 aromatic carbocycles. The molecule has 5 heteroatoms. The van der Waals surface area contributed by atoms with Crippen molar-refractivity contribution >= 4 is 0 Å². The third kappa shape index (κ3) is 49.5. The van der Waals surface area contributed by atoms with Crippen molar-refractivity contribution in [3.63, 3.8) is 0 Å². The summed E-state index contributed by atoms with van der Waals surface area (Å²) in [4.78, 5) is 0. The molecular formula is C12H30O5. The highest BCUT2D eigenvalue weighted by atomic mass is 16.5. The average molecular weight is 254 g/mol. The largest absolute Gasteiger partial charge is 0.381 e. The first-order valence-corrected chi connectivity index (χ1v) is 6.26. The lowest BCUT2D eigenvalue weighted by Gasteiger charge is -1.95. The standard InChI is InChI=1S/C6H14O.2C3H8O2/c1-3-5-7-6-4-2;2*1-2-3(4)5/h3-6H2,1-2H3;2*3-5H,2H2,1H3. The Morgan fingerprint density at radius 3 is 1.06 bits per heavy atom. The van der Waals surface area contributed by atoms with E-state index in [0.717, 1.165) is 26.1 Å². The van der Waals surface area contributed by atoms with Crippen LogP contribution in [0.15, 0.2) is 0 Å². The summed E-state index contributed by atoms with van der Waals surface area (Å²) in [6, 6.07) is 0. The van der Waals surface area contributed by atoms with Crippen LogP contribution in [0.1, 0.15) is 53.4 Å². The number of hydrogen-bond acceptors (Lipinski definition) is 5. The van der Waals surface area contributed by atoms with E-state index >= 15 is 0 Å². The summed E-state index contributed by atoms with van der Waals surface area (Å²) in [5, 5.41) is 31.7. The van der Waals surface area contributed by atoms with Crippen LogP contribution < -0.4 is 0 Å². The topological polar surface area (TPSA) is 90.2 Å². The van der Waals surface area contributed by atoms with E-state index in [0.29, 0.717) is 12.8 Å². The molecule has 0 heterocycles. The van der Waals surface area contributed by atoms with Crippen LogP contribution in [0, 0.1) is 0 Å². The molecule has 0 bridgehead atoms. The number of rotatable bonds is 6. The zero-order chi connectivity index (χ0) is 14.1. The van der Waals surface area contributed by atoms with Gasteiger partial charge in [-0.25, -0.2) is 0 Å². The summed E-state index contributed by atoms with van der Waals surface area (Å²) in [5.41, 5.74) is 0. The van der Waals surface area contributed by atoms with Gasteiger partial charge in [0.05, 0.1) is 0 Å². The molecule has 0 spiro atoms. The fourth-order valence-corrected chi connectivity index (χ4v) is 0.391. The maximum atomic E-state index is 7.92. The highest BCUT2D eigenvalue weighted by molar-refractivity contribution is 4.25. The molecule has 0 atom stereocenters. The Morgan fingerprint density at radius 2 is 0.941 bits per heavy atom. The lowest BCUT2D eigenvalue weighted by molar-refractivity contribution is -0.0420. The van der Waals surface area contributed by atoms with Gasteiger partial charge < -0.3 is 25.2 Å². The molecule has 0 saturated carbocycles. The minimum atomic E-state index is -1.12. The summed E-state index contributed by atoms with van der Waals surface area (Å²) in [7, 11) is 0.